The topological polar surface area (TPSA) is 20.3 Å². The average molecular weight is 340 g/mol. The Kier molecular flexibility index (Phi) is 7.28. The largest absolute Gasteiger partial charge is 0.335 e. The predicted molar refractivity (Wildman–Crippen MR) is 89.7 cm³/mol. The molecule has 0 spiro atoms. The second-order valence-corrected chi connectivity index (χ2v) is 6.23. The van der Waals surface area contributed by atoms with E-state index in [1.54, 1.807) is 0 Å². The highest BCUT2D eigenvalue weighted by Crippen LogP contribution is 2.18. The van der Waals surface area contributed by atoms with Crippen molar-refractivity contribution in [3.05, 3.63) is 35.4 Å². The van der Waals surface area contributed by atoms with Gasteiger partial charge in [-0.15, -0.1) is 0 Å². The van der Waals surface area contributed by atoms with E-state index >= 15 is 0 Å². The van der Waals surface area contributed by atoms with Gasteiger partial charge in [0.2, 0.25) is 0 Å². The Morgan fingerprint density at radius 3 is 2.10 bits per heavy atom. The van der Waals surface area contributed by atoms with Crippen molar-refractivity contribution in [3.8, 4) is 0 Å². The first-order chi connectivity index (χ1) is 9.54. The Morgan fingerprint density at radius 1 is 1.15 bits per heavy atom. The first-order valence-corrected chi connectivity index (χ1v) is 8.64. The Morgan fingerprint density at radius 2 is 1.70 bits per heavy atom. The number of nitrogens with zero attached hydrogens (tertiary/aromatic N) is 1. The fourth-order valence-electron chi connectivity index (χ4n) is 2.45. The van der Waals surface area contributed by atoms with Crippen molar-refractivity contribution < 1.29 is 4.79 Å². The van der Waals surface area contributed by atoms with Gasteiger partial charge in [-0.25, -0.2) is 0 Å². The zero-order chi connectivity index (χ0) is 15.1. The maximum absolute atomic E-state index is 12.7. The molecule has 0 aromatic heterocycles. The third kappa shape index (κ3) is 4.34. The Bertz CT molecular complexity index is 410. The van der Waals surface area contributed by atoms with Gasteiger partial charge in [0.25, 0.3) is 5.91 Å². The molecule has 0 atom stereocenters. The fraction of sp³-hybridized carbons (Fsp3) is 0.588. The Hall–Kier alpha value is -0.830. The third-order valence-electron chi connectivity index (χ3n) is 3.79. The van der Waals surface area contributed by atoms with Crippen LogP contribution in [0.1, 0.15) is 62.4 Å². The minimum absolute atomic E-state index is 0.147. The SMILES string of the molecule is CCC(CC)N(CCBr)C(=O)c1ccc(C(C)C)cc1. The van der Waals surface area contributed by atoms with Crippen molar-refractivity contribution in [1.82, 2.24) is 4.90 Å². The van der Waals surface area contributed by atoms with Crippen LogP contribution in [0.4, 0.5) is 0 Å². The molecule has 112 valence electrons. The van der Waals surface area contributed by atoms with Crippen LogP contribution < -0.4 is 0 Å². The monoisotopic (exact) mass is 339 g/mol. The van der Waals surface area contributed by atoms with E-state index in [0.29, 0.717) is 12.0 Å². The summed E-state index contributed by atoms with van der Waals surface area (Å²) in [7, 11) is 0. The van der Waals surface area contributed by atoms with Gasteiger partial charge in [0.1, 0.15) is 0 Å². The number of alkyl halides is 1. The molecule has 0 aliphatic rings. The predicted octanol–water partition coefficient (Wildman–Crippen LogP) is 4.84. The van der Waals surface area contributed by atoms with Gasteiger partial charge in [-0.05, 0) is 36.5 Å². The van der Waals surface area contributed by atoms with Crippen LogP contribution in [0.15, 0.2) is 24.3 Å². The summed E-state index contributed by atoms with van der Waals surface area (Å²) in [5, 5.41) is 0.819. The van der Waals surface area contributed by atoms with Crippen LogP contribution in [0.2, 0.25) is 0 Å². The van der Waals surface area contributed by atoms with E-state index in [-0.39, 0.29) is 5.91 Å². The molecule has 0 aliphatic carbocycles. The molecular weight excluding hydrogens is 314 g/mol. The third-order valence-corrected chi connectivity index (χ3v) is 4.15. The molecule has 0 radical (unpaired) electrons. The summed E-state index contributed by atoms with van der Waals surface area (Å²) in [6.07, 6.45) is 2.00. The number of carbonyl (C=O) groups excluding carboxylic acids is 1. The lowest BCUT2D eigenvalue weighted by Crippen LogP contribution is -2.41. The number of hydrogen-bond donors (Lipinski definition) is 0. The molecule has 1 aromatic rings. The summed E-state index contributed by atoms with van der Waals surface area (Å²) in [4.78, 5) is 14.7. The number of amides is 1. The maximum atomic E-state index is 12.7. The molecule has 0 unspecified atom stereocenters. The van der Waals surface area contributed by atoms with Crippen molar-refractivity contribution in [1.29, 1.82) is 0 Å². The highest BCUT2D eigenvalue weighted by molar-refractivity contribution is 9.09. The smallest absolute Gasteiger partial charge is 0.254 e. The molecule has 2 nitrogen and oxygen atoms in total. The van der Waals surface area contributed by atoms with Gasteiger partial charge < -0.3 is 4.90 Å². The van der Waals surface area contributed by atoms with Gasteiger partial charge in [-0.2, -0.15) is 0 Å². The van der Waals surface area contributed by atoms with E-state index in [1.165, 1.54) is 5.56 Å². The summed E-state index contributed by atoms with van der Waals surface area (Å²) < 4.78 is 0. The summed E-state index contributed by atoms with van der Waals surface area (Å²) in [5.74, 6) is 0.644. The summed E-state index contributed by atoms with van der Waals surface area (Å²) in [6, 6.07) is 8.38. The van der Waals surface area contributed by atoms with Crippen molar-refractivity contribution >= 4 is 21.8 Å². The second-order valence-electron chi connectivity index (χ2n) is 5.43. The molecular formula is C17H26BrNO. The molecule has 0 saturated carbocycles. The molecule has 1 amide bonds. The van der Waals surface area contributed by atoms with Gasteiger partial charge in [-0.3, -0.25) is 4.79 Å². The molecule has 1 aromatic carbocycles. The van der Waals surface area contributed by atoms with E-state index in [9.17, 15) is 4.79 Å². The van der Waals surface area contributed by atoms with Gasteiger partial charge in [0.15, 0.2) is 0 Å². The lowest BCUT2D eigenvalue weighted by atomic mass is 10.0. The Balaban J connectivity index is 2.93. The molecule has 20 heavy (non-hydrogen) atoms. The van der Waals surface area contributed by atoms with Crippen LogP contribution in [-0.4, -0.2) is 28.7 Å². The van der Waals surface area contributed by atoms with Gasteiger partial charge in [0.05, 0.1) is 0 Å². The van der Waals surface area contributed by atoms with Crippen LogP contribution in [0, 0.1) is 0 Å². The first kappa shape index (κ1) is 17.2. The number of hydrogen-bond acceptors (Lipinski definition) is 1. The van der Waals surface area contributed by atoms with E-state index in [1.807, 2.05) is 17.0 Å². The van der Waals surface area contributed by atoms with E-state index in [4.69, 9.17) is 0 Å². The molecule has 1 rings (SSSR count). The standard InChI is InChI=1S/C17H26BrNO/c1-5-16(6-2)19(12-11-18)17(20)15-9-7-14(8-10-15)13(3)4/h7-10,13,16H,5-6,11-12H2,1-4H3. The lowest BCUT2D eigenvalue weighted by Gasteiger charge is -2.30. The van der Waals surface area contributed by atoms with Crippen LogP contribution in [0.5, 0.6) is 0 Å². The molecule has 3 heteroatoms. The Labute approximate surface area is 131 Å². The number of halogens is 1. The molecule has 0 saturated heterocycles. The van der Waals surface area contributed by atoms with Crippen molar-refractivity contribution in [2.75, 3.05) is 11.9 Å². The number of carbonyl (C=O) groups is 1. The maximum Gasteiger partial charge on any atom is 0.254 e. The van der Waals surface area contributed by atoms with E-state index in [2.05, 4.69) is 55.8 Å². The van der Waals surface area contributed by atoms with Gasteiger partial charge >= 0.3 is 0 Å². The normalized spacial score (nSPS) is 11.2. The highest BCUT2D eigenvalue weighted by atomic mass is 79.9. The summed E-state index contributed by atoms with van der Waals surface area (Å²) in [6.45, 7) is 9.38. The van der Waals surface area contributed by atoms with Gasteiger partial charge in [-0.1, -0.05) is 55.8 Å². The fourth-order valence-corrected chi connectivity index (χ4v) is 2.83. The van der Waals surface area contributed by atoms with Crippen LogP contribution in [0.3, 0.4) is 0 Å². The van der Waals surface area contributed by atoms with E-state index < -0.39 is 0 Å². The zero-order valence-corrected chi connectivity index (χ0v) is 14.6. The molecule has 0 bridgehead atoms. The van der Waals surface area contributed by atoms with Crippen molar-refractivity contribution in [3.63, 3.8) is 0 Å². The van der Waals surface area contributed by atoms with Crippen LogP contribution in [-0.2, 0) is 0 Å². The first-order valence-electron chi connectivity index (χ1n) is 7.51. The minimum atomic E-state index is 0.147. The summed E-state index contributed by atoms with van der Waals surface area (Å²) >= 11 is 3.45. The summed E-state index contributed by atoms with van der Waals surface area (Å²) in [5.41, 5.74) is 2.07. The number of benzene rings is 1. The van der Waals surface area contributed by atoms with Crippen LogP contribution >= 0.6 is 15.9 Å². The zero-order valence-electron chi connectivity index (χ0n) is 13.0. The van der Waals surface area contributed by atoms with Crippen LogP contribution in [0.25, 0.3) is 0 Å². The molecule has 0 N–H and O–H groups in total. The molecule has 0 fully saturated rings. The quantitative estimate of drug-likeness (QED) is 0.651. The highest BCUT2D eigenvalue weighted by Gasteiger charge is 2.21. The van der Waals surface area contributed by atoms with E-state index in [0.717, 1.165) is 30.3 Å². The molecule has 0 heterocycles. The van der Waals surface area contributed by atoms with Gasteiger partial charge in [0, 0.05) is 23.5 Å². The lowest BCUT2D eigenvalue weighted by molar-refractivity contribution is 0.0683. The minimum Gasteiger partial charge on any atom is -0.335 e. The second kappa shape index (κ2) is 8.46. The number of rotatable bonds is 7. The average Bonchev–Trinajstić information content (AvgIpc) is 2.47. The van der Waals surface area contributed by atoms with Crippen molar-refractivity contribution in [2.24, 2.45) is 0 Å². The van der Waals surface area contributed by atoms with Crippen molar-refractivity contribution in [2.45, 2.75) is 52.5 Å². The molecule has 0 aliphatic heterocycles.